The molecule has 116 valence electrons. The molecule has 0 aliphatic rings. The maximum atomic E-state index is 12.2. The van der Waals surface area contributed by atoms with Gasteiger partial charge in [-0.2, -0.15) is 5.10 Å². The molecule has 1 amide bonds. The minimum absolute atomic E-state index is 0.0599. The Kier molecular flexibility index (Phi) is 5.07. The van der Waals surface area contributed by atoms with E-state index in [0.717, 1.165) is 14.7 Å². The highest BCUT2D eigenvalue weighted by Gasteiger charge is 2.07. The van der Waals surface area contributed by atoms with E-state index in [1.54, 1.807) is 6.20 Å². The van der Waals surface area contributed by atoms with Crippen LogP contribution in [0, 0.1) is 3.57 Å². The zero-order valence-corrected chi connectivity index (χ0v) is 14.6. The first-order valence-electron chi connectivity index (χ1n) is 7.30. The summed E-state index contributed by atoms with van der Waals surface area (Å²) in [5.41, 5.74) is 2.93. The summed E-state index contributed by atoms with van der Waals surface area (Å²) in [6.45, 7) is 1.20. The normalized spacial score (nSPS) is 10.5. The van der Waals surface area contributed by atoms with E-state index in [9.17, 15) is 4.79 Å². The topological polar surface area (TPSA) is 46.9 Å². The number of rotatable bonds is 5. The number of hydrogen-bond donors (Lipinski definition) is 1. The SMILES string of the molecule is O=C(NCc1ccccc1Cn1cccn1)c1ccc(I)cc1. The molecular formula is C18H16IN3O. The van der Waals surface area contributed by atoms with Gasteiger partial charge < -0.3 is 5.32 Å². The first-order chi connectivity index (χ1) is 11.2. The van der Waals surface area contributed by atoms with Gasteiger partial charge in [0.1, 0.15) is 0 Å². The van der Waals surface area contributed by atoms with Crippen LogP contribution in [0.3, 0.4) is 0 Å². The number of carbonyl (C=O) groups is 1. The lowest BCUT2D eigenvalue weighted by Gasteiger charge is -2.11. The Morgan fingerprint density at radius 2 is 1.78 bits per heavy atom. The molecule has 4 nitrogen and oxygen atoms in total. The molecule has 0 saturated heterocycles. The molecule has 0 atom stereocenters. The lowest BCUT2D eigenvalue weighted by atomic mass is 10.1. The third-order valence-electron chi connectivity index (χ3n) is 3.56. The Hall–Kier alpha value is -2.15. The van der Waals surface area contributed by atoms with Gasteiger partial charge in [0.05, 0.1) is 6.54 Å². The van der Waals surface area contributed by atoms with Crippen molar-refractivity contribution < 1.29 is 4.79 Å². The molecule has 3 rings (SSSR count). The Morgan fingerprint density at radius 3 is 2.48 bits per heavy atom. The minimum atomic E-state index is -0.0599. The Balaban J connectivity index is 1.68. The minimum Gasteiger partial charge on any atom is -0.348 e. The van der Waals surface area contributed by atoms with Crippen LogP contribution >= 0.6 is 22.6 Å². The van der Waals surface area contributed by atoms with Crippen LogP contribution in [0.4, 0.5) is 0 Å². The van der Waals surface area contributed by atoms with Crippen molar-refractivity contribution >= 4 is 28.5 Å². The van der Waals surface area contributed by atoms with E-state index in [-0.39, 0.29) is 5.91 Å². The molecule has 23 heavy (non-hydrogen) atoms. The van der Waals surface area contributed by atoms with Gasteiger partial charge in [0.25, 0.3) is 5.91 Å². The van der Waals surface area contributed by atoms with Crippen LogP contribution in [0.25, 0.3) is 0 Å². The van der Waals surface area contributed by atoms with Gasteiger partial charge in [-0.3, -0.25) is 9.48 Å². The highest BCUT2D eigenvalue weighted by molar-refractivity contribution is 14.1. The first-order valence-corrected chi connectivity index (χ1v) is 8.38. The zero-order chi connectivity index (χ0) is 16.1. The van der Waals surface area contributed by atoms with Crippen LogP contribution < -0.4 is 5.32 Å². The molecule has 0 spiro atoms. The Morgan fingerprint density at radius 1 is 1.04 bits per heavy atom. The average Bonchev–Trinajstić information content (AvgIpc) is 3.07. The van der Waals surface area contributed by atoms with Gasteiger partial charge in [-0.25, -0.2) is 0 Å². The van der Waals surface area contributed by atoms with Gasteiger partial charge in [-0.1, -0.05) is 24.3 Å². The van der Waals surface area contributed by atoms with Gasteiger partial charge in [0.15, 0.2) is 0 Å². The molecule has 0 saturated carbocycles. The van der Waals surface area contributed by atoms with Crippen molar-refractivity contribution in [3.8, 4) is 0 Å². The Labute approximate surface area is 148 Å². The van der Waals surface area contributed by atoms with E-state index in [4.69, 9.17) is 0 Å². The van der Waals surface area contributed by atoms with Crippen molar-refractivity contribution in [3.05, 3.63) is 87.3 Å². The fourth-order valence-corrected chi connectivity index (χ4v) is 2.69. The second-order valence-corrected chi connectivity index (χ2v) is 6.41. The molecule has 0 bridgehead atoms. The average molecular weight is 417 g/mol. The summed E-state index contributed by atoms with van der Waals surface area (Å²) in [5.74, 6) is -0.0599. The zero-order valence-electron chi connectivity index (χ0n) is 12.4. The predicted molar refractivity (Wildman–Crippen MR) is 98.1 cm³/mol. The van der Waals surface area contributed by atoms with Crippen LogP contribution in [0.5, 0.6) is 0 Å². The quantitative estimate of drug-likeness (QED) is 0.647. The summed E-state index contributed by atoms with van der Waals surface area (Å²) in [7, 11) is 0. The Bertz CT molecular complexity index is 782. The van der Waals surface area contributed by atoms with E-state index in [1.807, 2.05) is 59.4 Å². The van der Waals surface area contributed by atoms with E-state index >= 15 is 0 Å². The standard InChI is InChI=1S/C18H16IN3O/c19-17-8-6-14(7-9-17)18(23)20-12-15-4-1-2-5-16(15)13-22-11-3-10-21-22/h1-11H,12-13H2,(H,20,23). The fraction of sp³-hybridized carbons (Fsp3) is 0.111. The van der Waals surface area contributed by atoms with E-state index < -0.39 is 0 Å². The second kappa shape index (κ2) is 7.41. The molecule has 0 aliphatic carbocycles. The molecule has 0 fully saturated rings. The van der Waals surface area contributed by atoms with Crippen molar-refractivity contribution in [3.63, 3.8) is 0 Å². The number of halogens is 1. The lowest BCUT2D eigenvalue weighted by molar-refractivity contribution is 0.0951. The summed E-state index contributed by atoms with van der Waals surface area (Å²) < 4.78 is 2.99. The monoisotopic (exact) mass is 417 g/mol. The van der Waals surface area contributed by atoms with Crippen LogP contribution in [0.15, 0.2) is 67.0 Å². The van der Waals surface area contributed by atoms with Gasteiger partial charge in [0, 0.05) is 28.1 Å². The highest BCUT2D eigenvalue weighted by Crippen LogP contribution is 2.11. The number of nitrogens with one attached hydrogen (secondary N) is 1. The summed E-state index contributed by atoms with van der Waals surface area (Å²) in [5, 5.41) is 7.22. The third kappa shape index (κ3) is 4.19. The van der Waals surface area contributed by atoms with E-state index in [0.29, 0.717) is 18.7 Å². The molecule has 1 N–H and O–H groups in total. The molecule has 1 aromatic heterocycles. The predicted octanol–water partition coefficient (Wildman–Crippen LogP) is 3.47. The number of aromatic nitrogens is 2. The number of benzene rings is 2. The van der Waals surface area contributed by atoms with Gasteiger partial charge >= 0.3 is 0 Å². The third-order valence-corrected chi connectivity index (χ3v) is 4.27. The summed E-state index contributed by atoms with van der Waals surface area (Å²) in [6.07, 6.45) is 3.70. The van der Waals surface area contributed by atoms with Crippen LogP contribution in [0.2, 0.25) is 0 Å². The molecule has 0 radical (unpaired) electrons. The van der Waals surface area contributed by atoms with Crippen molar-refractivity contribution in [2.24, 2.45) is 0 Å². The molecule has 2 aromatic carbocycles. The highest BCUT2D eigenvalue weighted by atomic mass is 127. The largest absolute Gasteiger partial charge is 0.348 e. The van der Waals surface area contributed by atoms with Gasteiger partial charge in [0.2, 0.25) is 0 Å². The first kappa shape index (κ1) is 15.7. The second-order valence-electron chi connectivity index (χ2n) is 5.16. The van der Waals surface area contributed by atoms with E-state index in [2.05, 4.69) is 39.1 Å². The number of carbonyl (C=O) groups excluding carboxylic acids is 1. The van der Waals surface area contributed by atoms with E-state index in [1.165, 1.54) is 0 Å². The molecule has 1 heterocycles. The summed E-state index contributed by atoms with van der Waals surface area (Å²) in [4.78, 5) is 12.2. The van der Waals surface area contributed by atoms with Crippen molar-refractivity contribution in [2.75, 3.05) is 0 Å². The summed E-state index contributed by atoms with van der Waals surface area (Å²) >= 11 is 2.22. The number of amides is 1. The fourth-order valence-electron chi connectivity index (χ4n) is 2.33. The molecule has 3 aromatic rings. The maximum Gasteiger partial charge on any atom is 0.251 e. The summed E-state index contributed by atoms with van der Waals surface area (Å²) in [6, 6.07) is 17.5. The van der Waals surface area contributed by atoms with Crippen molar-refractivity contribution in [1.82, 2.24) is 15.1 Å². The van der Waals surface area contributed by atoms with Crippen molar-refractivity contribution in [1.29, 1.82) is 0 Å². The molecule has 0 unspecified atom stereocenters. The number of hydrogen-bond acceptors (Lipinski definition) is 2. The molecular weight excluding hydrogens is 401 g/mol. The van der Waals surface area contributed by atoms with Crippen molar-refractivity contribution in [2.45, 2.75) is 13.1 Å². The molecule has 0 aliphatic heterocycles. The lowest BCUT2D eigenvalue weighted by Crippen LogP contribution is -2.23. The van der Waals surface area contributed by atoms with Crippen LogP contribution in [-0.4, -0.2) is 15.7 Å². The van der Waals surface area contributed by atoms with Gasteiger partial charge in [-0.05, 0) is 64.0 Å². The number of nitrogens with zero attached hydrogens (tertiary/aromatic N) is 2. The van der Waals surface area contributed by atoms with Crippen LogP contribution in [0.1, 0.15) is 21.5 Å². The van der Waals surface area contributed by atoms with Gasteiger partial charge in [-0.15, -0.1) is 0 Å². The van der Waals surface area contributed by atoms with Crippen LogP contribution in [-0.2, 0) is 13.1 Å². The maximum absolute atomic E-state index is 12.2. The smallest absolute Gasteiger partial charge is 0.251 e. The molecule has 5 heteroatoms.